The van der Waals surface area contributed by atoms with Gasteiger partial charge < -0.3 is 4.74 Å². The van der Waals surface area contributed by atoms with Gasteiger partial charge in [0.25, 0.3) is 0 Å². The Morgan fingerprint density at radius 2 is 2.09 bits per heavy atom. The summed E-state index contributed by atoms with van der Waals surface area (Å²) in [5.74, 6) is -0.110. The van der Waals surface area contributed by atoms with Crippen LogP contribution in [0.5, 0.6) is 0 Å². The van der Waals surface area contributed by atoms with Gasteiger partial charge in [-0.3, -0.25) is 9.59 Å². The molecule has 0 aromatic rings. The van der Waals surface area contributed by atoms with Crippen LogP contribution in [-0.4, -0.2) is 30.4 Å². The monoisotopic (exact) mass is 176 g/mol. The fraction of sp³-hybridized carbons (Fsp3) is 0.714. The smallest absolute Gasteiger partial charge is 0.313 e. The van der Waals surface area contributed by atoms with Gasteiger partial charge in [-0.2, -0.15) is 11.8 Å². The molecule has 0 aliphatic carbocycles. The van der Waals surface area contributed by atoms with Crippen LogP contribution >= 0.6 is 11.8 Å². The highest BCUT2D eigenvalue weighted by molar-refractivity contribution is 7.99. The molecule has 0 atom stereocenters. The second kappa shape index (κ2) is 6.22. The molecule has 0 aromatic carbocycles. The van der Waals surface area contributed by atoms with Crippen LogP contribution in [0.1, 0.15) is 13.3 Å². The molecule has 0 heterocycles. The second-order valence-electron chi connectivity index (χ2n) is 1.95. The average Bonchev–Trinajstić information content (AvgIpc) is 1.87. The van der Waals surface area contributed by atoms with E-state index in [0.29, 0.717) is 12.4 Å². The normalized spacial score (nSPS) is 9.27. The molecule has 11 heavy (non-hydrogen) atoms. The Hall–Kier alpha value is -0.510. The van der Waals surface area contributed by atoms with E-state index in [1.807, 2.05) is 6.26 Å². The molecule has 0 saturated carbocycles. The molecule has 0 aliphatic heterocycles. The number of hydrogen-bond acceptors (Lipinski definition) is 4. The first-order valence-electron chi connectivity index (χ1n) is 3.37. The molecule has 0 saturated heterocycles. The topological polar surface area (TPSA) is 43.4 Å². The molecule has 0 bridgehead atoms. The van der Waals surface area contributed by atoms with E-state index in [9.17, 15) is 9.59 Å². The van der Waals surface area contributed by atoms with Gasteiger partial charge in [0.1, 0.15) is 6.42 Å². The van der Waals surface area contributed by atoms with E-state index < -0.39 is 5.97 Å². The van der Waals surface area contributed by atoms with E-state index >= 15 is 0 Å². The third-order valence-electron chi connectivity index (χ3n) is 0.952. The molecule has 4 heteroatoms. The first-order chi connectivity index (χ1) is 5.20. The molecule has 0 radical (unpaired) electrons. The third kappa shape index (κ3) is 5.91. The number of esters is 1. The van der Waals surface area contributed by atoms with E-state index in [1.165, 1.54) is 11.8 Å². The third-order valence-corrected chi connectivity index (χ3v) is 1.56. The van der Waals surface area contributed by atoms with Gasteiger partial charge in [0.15, 0.2) is 5.78 Å². The van der Waals surface area contributed by atoms with Gasteiger partial charge in [0.2, 0.25) is 0 Å². The summed E-state index contributed by atoms with van der Waals surface area (Å²) in [5, 5.41) is 0. The zero-order valence-electron chi connectivity index (χ0n) is 6.75. The quantitative estimate of drug-likeness (QED) is 0.460. The lowest BCUT2D eigenvalue weighted by molar-refractivity contribution is -0.145. The Labute approximate surface area is 70.5 Å². The number of hydrogen-bond donors (Lipinski definition) is 0. The molecule has 0 aliphatic rings. The maximum atomic E-state index is 10.8. The summed E-state index contributed by atoms with van der Waals surface area (Å²) in [5.41, 5.74) is 0. The van der Waals surface area contributed by atoms with Crippen molar-refractivity contribution in [3.05, 3.63) is 0 Å². The van der Waals surface area contributed by atoms with Crippen molar-refractivity contribution < 1.29 is 14.3 Å². The number of thioether (sulfide) groups is 1. The van der Waals surface area contributed by atoms with Crippen LogP contribution in [0.25, 0.3) is 0 Å². The van der Waals surface area contributed by atoms with Crippen LogP contribution in [0.3, 0.4) is 0 Å². The molecule has 0 aromatic heterocycles. The Morgan fingerprint density at radius 3 is 2.55 bits per heavy atom. The fourth-order valence-electron chi connectivity index (χ4n) is 0.585. The summed E-state index contributed by atoms with van der Waals surface area (Å²) in [6.07, 6.45) is 1.73. The van der Waals surface area contributed by atoms with Crippen molar-refractivity contribution in [2.24, 2.45) is 0 Å². The van der Waals surface area contributed by atoms with E-state index in [1.54, 1.807) is 6.92 Å². The number of rotatable bonds is 5. The highest BCUT2D eigenvalue weighted by Crippen LogP contribution is 1.96. The second-order valence-corrected chi connectivity index (χ2v) is 2.82. The highest BCUT2D eigenvalue weighted by Gasteiger charge is 2.08. The van der Waals surface area contributed by atoms with E-state index in [0.717, 1.165) is 0 Å². The number of carbonyl (C=O) groups is 2. The zero-order valence-corrected chi connectivity index (χ0v) is 7.57. The largest absolute Gasteiger partial charge is 0.466 e. The van der Waals surface area contributed by atoms with Crippen molar-refractivity contribution in [1.82, 2.24) is 0 Å². The Balaban J connectivity index is 3.49. The number of ether oxygens (including phenoxy) is 1. The summed E-state index contributed by atoms with van der Waals surface area (Å²) in [4.78, 5) is 21.5. The van der Waals surface area contributed by atoms with Crippen molar-refractivity contribution in [3.63, 3.8) is 0 Å². The van der Waals surface area contributed by atoms with Gasteiger partial charge >= 0.3 is 5.97 Å². The van der Waals surface area contributed by atoms with Gasteiger partial charge in [-0.05, 0) is 13.2 Å². The molecular weight excluding hydrogens is 164 g/mol. The van der Waals surface area contributed by atoms with Crippen molar-refractivity contribution in [2.45, 2.75) is 13.3 Å². The minimum atomic E-state index is -0.424. The summed E-state index contributed by atoms with van der Waals surface area (Å²) in [7, 11) is 0. The van der Waals surface area contributed by atoms with Crippen LogP contribution in [-0.2, 0) is 14.3 Å². The van der Waals surface area contributed by atoms with Gasteiger partial charge in [0.05, 0.1) is 12.4 Å². The summed E-state index contributed by atoms with van der Waals surface area (Å²) < 4.78 is 4.59. The molecule has 64 valence electrons. The average molecular weight is 176 g/mol. The summed E-state index contributed by atoms with van der Waals surface area (Å²) in [6.45, 7) is 2.06. The fourth-order valence-corrected chi connectivity index (χ4v) is 1.01. The lowest BCUT2D eigenvalue weighted by Crippen LogP contribution is -2.12. The lowest BCUT2D eigenvalue weighted by Gasteiger charge is -1.98. The van der Waals surface area contributed by atoms with Crippen LogP contribution in [0.15, 0.2) is 0 Å². The molecule has 3 nitrogen and oxygen atoms in total. The molecule has 0 rings (SSSR count). The molecule has 0 amide bonds. The SMILES string of the molecule is CCOC(=O)CC(=O)CSC. The first-order valence-corrected chi connectivity index (χ1v) is 4.76. The van der Waals surface area contributed by atoms with Crippen molar-refractivity contribution in [2.75, 3.05) is 18.6 Å². The lowest BCUT2D eigenvalue weighted by atomic mass is 10.3. The van der Waals surface area contributed by atoms with Gasteiger partial charge in [0, 0.05) is 0 Å². The van der Waals surface area contributed by atoms with Crippen LogP contribution in [0.2, 0.25) is 0 Å². The highest BCUT2D eigenvalue weighted by atomic mass is 32.2. The van der Waals surface area contributed by atoms with Gasteiger partial charge in [-0.15, -0.1) is 0 Å². The van der Waals surface area contributed by atoms with Gasteiger partial charge in [-0.25, -0.2) is 0 Å². The zero-order chi connectivity index (χ0) is 8.69. The molecular formula is C7H12O3S. The van der Waals surface area contributed by atoms with E-state index in [2.05, 4.69) is 4.74 Å². The number of ketones is 1. The first kappa shape index (κ1) is 10.5. The van der Waals surface area contributed by atoms with E-state index in [-0.39, 0.29) is 12.2 Å². The molecule has 0 unspecified atom stereocenters. The van der Waals surface area contributed by atoms with Crippen molar-refractivity contribution in [1.29, 1.82) is 0 Å². The molecule has 0 N–H and O–H groups in total. The number of carbonyl (C=O) groups excluding carboxylic acids is 2. The molecule has 0 fully saturated rings. The maximum Gasteiger partial charge on any atom is 0.313 e. The minimum absolute atomic E-state index is 0.0732. The Morgan fingerprint density at radius 1 is 1.45 bits per heavy atom. The van der Waals surface area contributed by atoms with E-state index in [4.69, 9.17) is 0 Å². The minimum Gasteiger partial charge on any atom is -0.466 e. The van der Waals surface area contributed by atoms with Crippen LogP contribution in [0.4, 0.5) is 0 Å². The summed E-state index contributed by atoms with van der Waals surface area (Å²) >= 11 is 1.41. The standard InChI is InChI=1S/C7H12O3S/c1-3-10-7(9)4-6(8)5-11-2/h3-5H2,1-2H3. The number of Topliss-reactive ketones (excluding diaryl/α,β-unsaturated/α-hetero) is 1. The van der Waals surface area contributed by atoms with Crippen molar-refractivity contribution >= 4 is 23.5 Å². The van der Waals surface area contributed by atoms with Gasteiger partial charge in [-0.1, -0.05) is 0 Å². The molecule has 0 spiro atoms. The maximum absolute atomic E-state index is 10.8. The van der Waals surface area contributed by atoms with Crippen LogP contribution < -0.4 is 0 Å². The Kier molecular flexibility index (Phi) is 5.93. The van der Waals surface area contributed by atoms with Crippen molar-refractivity contribution in [3.8, 4) is 0 Å². The Bertz CT molecular complexity index is 129. The summed E-state index contributed by atoms with van der Waals surface area (Å²) in [6, 6.07) is 0. The predicted molar refractivity (Wildman–Crippen MR) is 44.6 cm³/mol. The van der Waals surface area contributed by atoms with Crippen LogP contribution in [0, 0.1) is 0 Å². The predicted octanol–water partition coefficient (Wildman–Crippen LogP) is 0.872.